The summed E-state index contributed by atoms with van der Waals surface area (Å²) < 4.78 is 25.9. The zero-order valence-electron chi connectivity index (χ0n) is 7.46. The van der Waals surface area contributed by atoms with Crippen LogP contribution in [0.1, 0.15) is 12.8 Å². The molecule has 0 aromatic carbocycles. The van der Waals surface area contributed by atoms with Crippen molar-refractivity contribution in [2.75, 3.05) is 20.1 Å². The van der Waals surface area contributed by atoms with Gasteiger partial charge in [0.2, 0.25) is 0 Å². The van der Waals surface area contributed by atoms with E-state index in [4.69, 9.17) is 5.11 Å². The minimum absolute atomic E-state index is 0.260. The molecule has 1 fully saturated rings. The number of aliphatic carboxylic acids is 1. The molecule has 0 saturated carbocycles. The molecule has 76 valence electrons. The summed E-state index contributed by atoms with van der Waals surface area (Å²) in [6.45, 7) is 1.10. The SMILES string of the molecule is CN1CCC(C(F)(F)C(=O)O)CC1. The van der Waals surface area contributed by atoms with Crippen LogP contribution in [0.2, 0.25) is 0 Å². The molecule has 0 radical (unpaired) electrons. The van der Waals surface area contributed by atoms with Gasteiger partial charge in [-0.15, -0.1) is 0 Å². The number of carboxylic acids is 1. The number of piperidine rings is 1. The Morgan fingerprint density at radius 3 is 2.31 bits per heavy atom. The standard InChI is InChI=1S/C8H13F2NO2/c1-11-4-2-6(3-5-11)8(9,10)7(12)13/h6H,2-5H2,1H3,(H,12,13). The van der Waals surface area contributed by atoms with Crippen LogP contribution >= 0.6 is 0 Å². The highest BCUT2D eigenvalue weighted by Gasteiger charge is 2.47. The number of hydrogen-bond acceptors (Lipinski definition) is 2. The molecule has 0 unspecified atom stereocenters. The van der Waals surface area contributed by atoms with Gasteiger partial charge in [-0.1, -0.05) is 0 Å². The Morgan fingerprint density at radius 2 is 1.92 bits per heavy atom. The molecule has 0 atom stereocenters. The molecule has 1 rings (SSSR count). The molecule has 1 saturated heterocycles. The highest BCUT2D eigenvalue weighted by atomic mass is 19.3. The molecule has 1 aliphatic heterocycles. The number of nitrogens with zero attached hydrogens (tertiary/aromatic N) is 1. The smallest absolute Gasteiger partial charge is 0.374 e. The van der Waals surface area contributed by atoms with Gasteiger partial charge in [0.25, 0.3) is 0 Å². The topological polar surface area (TPSA) is 40.5 Å². The maximum absolute atomic E-state index is 12.9. The van der Waals surface area contributed by atoms with Gasteiger partial charge >= 0.3 is 11.9 Å². The van der Waals surface area contributed by atoms with Crippen LogP contribution in [0.25, 0.3) is 0 Å². The fourth-order valence-electron chi connectivity index (χ4n) is 1.55. The quantitative estimate of drug-likeness (QED) is 0.712. The molecule has 0 bridgehead atoms. The van der Waals surface area contributed by atoms with Gasteiger partial charge < -0.3 is 10.0 Å². The Labute approximate surface area is 75.3 Å². The van der Waals surface area contributed by atoms with Crippen molar-refractivity contribution >= 4 is 5.97 Å². The summed E-state index contributed by atoms with van der Waals surface area (Å²) in [4.78, 5) is 12.2. The first kappa shape index (κ1) is 10.4. The van der Waals surface area contributed by atoms with Crippen molar-refractivity contribution in [2.45, 2.75) is 18.8 Å². The van der Waals surface area contributed by atoms with Crippen LogP contribution in [0, 0.1) is 5.92 Å². The highest BCUT2D eigenvalue weighted by Crippen LogP contribution is 2.32. The summed E-state index contributed by atoms with van der Waals surface area (Å²) in [5.74, 6) is -6.55. The molecule has 1 aliphatic rings. The molecule has 0 spiro atoms. The number of alkyl halides is 2. The monoisotopic (exact) mass is 193 g/mol. The molecular formula is C8H13F2NO2. The molecule has 1 heterocycles. The highest BCUT2D eigenvalue weighted by molar-refractivity contribution is 5.75. The van der Waals surface area contributed by atoms with Crippen LogP contribution < -0.4 is 0 Å². The first-order valence-electron chi connectivity index (χ1n) is 4.24. The van der Waals surface area contributed by atoms with Crippen molar-refractivity contribution in [3.05, 3.63) is 0 Å². The normalized spacial score (nSPS) is 21.8. The predicted octanol–water partition coefficient (Wildman–Crippen LogP) is 1.05. The zero-order valence-corrected chi connectivity index (χ0v) is 7.46. The molecule has 0 amide bonds. The minimum Gasteiger partial charge on any atom is -0.477 e. The Balaban J connectivity index is 2.58. The van der Waals surface area contributed by atoms with E-state index in [0.717, 1.165) is 0 Å². The average molecular weight is 193 g/mol. The van der Waals surface area contributed by atoms with E-state index in [1.165, 1.54) is 0 Å². The minimum atomic E-state index is -3.55. The van der Waals surface area contributed by atoms with Crippen molar-refractivity contribution < 1.29 is 18.7 Å². The Hall–Kier alpha value is -0.710. The summed E-state index contributed by atoms with van der Waals surface area (Å²) in [7, 11) is 1.84. The lowest BCUT2D eigenvalue weighted by Crippen LogP contribution is -2.43. The van der Waals surface area contributed by atoms with Gasteiger partial charge in [0.05, 0.1) is 0 Å². The second-order valence-electron chi connectivity index (χ2n) is 3.51. The van der Waals surface area contributed by atoms with Crippen LogP contribution in [0.15, 0.2) is 0 Å². The summed E-state index contributed by atoms with van der Waals surface area (Å²) in [6.07, 6.45) is 0.519. The number of rotatable bonds is 2. The second-order valence-corrected chi connectivity index (χ2v) is 3.51. The molecular weight excluding hydrogens is 180 g/mol. The average Bonchev–Trinajstić information content (AvgIpc) is 2.04. The number of carbonyl (C=O) groups is 1. The van der Waals surface area contributed by atoms with Gasteiger partial charge in [-0.05, 0) is 33.0 Å². The molecule has 0 aliphatic carbocycles. The number of halogens is 2. The maximum Gasteiger partial charge on any atom is 0.374 e. The lowest BCUT2D eigenvalue weighted by Gasteiger charge is -2.31. The fraction of sp³-hybridized carbons (Fsp3) is 0.875. The van der Waals surface area contributed by atoms with Gasteiger partial charge in [-0.25, -0.2) is 4.79 Å². The fourth-order valence-corrected chi connectivity index (χ4v) is 1.55. The van der Waals surface area contributed by atoms with E-state index in [1.54, 1.807) is 0 Å². The number of hydrogen-bond donors (Lipinski definition) is 1. The summed E-state index contributed by atoms with van der Waals surface area (Å²) in [6, 6.07) is 0. The third-order valence-corrected chi connectivity index (χ3v) is 2.52. The molecule has 5 heteroatoms. The van der Waals surface area contributed by atoms with E-state index in [-0.39, 0.29) is 12.8 Å². The molecule has 0 aromatic rings. The van der Waals surface area contributed by atoms with Gasteiger partial charge in [0, 0.05) is 5.92 Å². The Bertz CT molecular complexity index is 200. The first-order valence-corrected chi connectivity index (χ1v) is 4.24. The third kappa shape index (κ3) is 2.15. The predicted molar refractivity (Wildman–Crippen MR) is 42.8 cm³/mol. The number of likely N-dealkylation sites (tertiary alicyclic amines) is 1. The second kappa shape index (κ2) is 3.57. The lowest BCUT2D eigenvalue weighted by atomic mass is 9.91. The van der Waals surface area contributed by atoms with E-state index in [9.17, 15) is 13.6 Å². The van der Waals surface area contributed by atoms with Crippen LogP contribution in [0.3, 0.4) is 0 Å². The van der Waals surface area contributed by atoms with Crippen molar-refractivity contribution in [3.8, 4) is 0 Å². The summed E-state index contributed by atoms with van der Waals surface area (Å²) >= 11 is 0. The van der Waals surface area contributed by atoms with Crippen molar-refractivity contribution in [1.29, 1.82) is 0 Å². The van der Waals surface area contributed by atoms with Gasteiger partial charge in [0.1, 0.15) is 0 Å². The van der Waals surface area contributed by atoms with E-state index in [1.807, 2.05) is 11.9 Å². The molecule has 0 aromatic heterocycles. The molecule has 3 nitrogen and oxygen atoms in total. The largest absolute Gasteiger partial charge is 0.477 e. The zero-order chi connectivity index (χ0) is 10.1. The van der Waals surface area contributed by atoms with E-state index in [0.29, 0.717) is 13.1 Å². The lowest BCUT2D eigenvalue weighted by molar-refractivity contribution is -0.176. The van der Waals surface area contributed by atoms with Gasteiger partial charge in [0.15, 0.2) is 0 Å². The maximum atomic E-state index is 12.9. The Morgan fingerprint density at radius 1 is 1.46 bits per heavy atom. The van der Waals surface area contributed by atoms with E-state index >= 15 is 0 Å². The summed E-state index contributed by atoms with van der Waals surface area (Å²) in [5.41, 5.74) is 0. The van der Waals surface area contributed by atoms with Crippen molar-refractivity contribution in [1.82, 2.24) is 4.90 Å². The van der Waals surface area contributed by atoms with Gasteiger partial charge in [-0.3, -0.25) is 0 Å². The summed E-state index contributed by atoms with van der Waals surface area (Å²) in [5, 5.41) is 8.30. The number of carboxylic acid groups (broad SMARTS) is 1. The van der Waals surface area contributed by atoms with Crippen LogP contribution in [0.4, 0.5) is 8.78 Å². The van der Waals surface area contributed by atoms with Crippen LogP contribution in [0.5, 0.6) is 0 Å². The van der Waals surface area contributed by atoms with Crippen LogP contribution in [-0.4, -0.2) is 42.0 Å². The van der Waals surface area contributed by atoms with Gasteiger partial charge in [-0.2, -0.15) is 8.78 Å². The third-order valence-electron chi connectivity index (χ3n) is 2.52. The van der Waals surface area contributed by atoms with Crippen molar-refractivity contribution in [3.63, 3.8) is 0 Å². The molecule has 13 heavy (non-hydrogen) atoms. The molecule has 1 N–H and O–H groups in total. The first-order chi connectivity index (χ1) is 5.94. The Kier molecular flexibility index (Phi) is 2.85. The van der Waals surface area contributed by atoms with E-state index < -0.39 is 17.8 Å². The van der Waals surface area contributed by atoms with Crippen LogP contribution in [-0.2, 0) is 4.79 Å². The van der Waals surface area contributed by atoms with Crippen molar-refractivity contribution in [2.24, 2.45) is 5.92 Å². The van der Waals surface area contributed by atoms with E-state index in [2.05, 4.69) is 0 Å².